The number of anilines is 1. The van der Waals surface area contributed by atoms with Crippen molar-refractivity contribution in [1.82, 2.24) is 0 Å². The van der Waals surface area contributed by atoms with Crippen LogP contribution in [0.15, 0.2) is 18.2 Å². The van der Waals surface area contributed by atoms with Gasteiger partial charge in [0.15, 0.2) is 0 Å². The number of carbonyl (C=O) groups is 2. The number of esters is 1. The summed E-state index contributed by atoms with van der Waals surface area (Å²) in [5, 5.41) is 11.2. The van der Waals surface area contributed by atoms with E-state index in [1.807, 2.05) is 6.07 Å². The van der Waals surface area contributed by atoms with Gasteiger partial charge in [-0.25, -0.2) is 4.79 Å². The molecular formula is C11H10N2O3. The van der Waals surface area contributed by atoms with Gasteiger partial charge in [0.05, 0.1) is 30.0 Å². The van der Waals surface area contributed by atoms with Crippen LogP contribution in [-0.4, -0.2) is 19.0 Å². The van der Waals surface area contributed by atoms with E-state index in [4.69, 9.17) is 5.26 Å². The third kappa shape index (κ3) is 2.58. The molecule has 0 fully saturated rings. The Balaban J connectivity index is 3.22. The van der Waals surface area contributed by atoms with Crippen molar-refractivity contribution >= 4 is 17.6 Å². The van der Waals surface area contributed by atoms with Gasteiger partial charge in [0.25, 0.3) is 0 Å². The summed E-state index contributed by atoms with van der Waals surface area (Å²) < 4.78 is 4.56. The largest absolute Gasteiger partial charge is 0.465 e. The average Bonchev–Trinajstić information content (AvgIpc) is 2.27. The standard InChI is InChI=1S/C11H10N2O3/c1-7(14)13-10-5-8(6-12)3-4-9(10)11(15)16-2/h3-5H,1-2H3,(H,13,14). The second kappa shape index (κ2) is 4.94. The highest BCUT2D eigenvalue weighted by Crippen LogP contribution is 2.18. The van der Waals surface area contributed by atoms with Crippen LogP contribution in [-0.2, 0) is 9.53 Å². The van der Waals surface area contributed by atoms with E-state index in [0.29, 0.717) is 5.56 Å². The first-order chi connectivity index (χ1) is 7.58. The van der Waals surface area contributed by atoms with Crippen LogP contribution in [0.25, 0.3) is 0 Å². The number of hydrogen-bond donors (Lipinski definition) is 1. The van der Waals surface area contributed by atoms with Gasteiger partial charge in [-0.05, 0) is 18.2 Å². The van der Waals surface area contributed by atoms with Crippen LogP contribution in [0, 0.1) is 11.3 Å². The van der Waals surface area contributed by atoms with Crippen LogP contribution >= 0.6 is 0 Å². The molecule has 0 radical (unpaired) electrons. The van der Waals surface area contributed by atoms with Gasteiger partial charge in [0.2, 0.25) is 5.91 Å². The smallest absolute Gasteiger partial charge is 0.339 e. The Kier molecular flexibility index (Phi) is 3.62. The Morgan fingerprint density at radius 1 is 1.44 bits per heavy atom. The molecule has 5 nitrogen and oxygen atoms in total. The summed E-state index contributed by atoms with van der Waals surface area (Å²) >= 11 is 0. The molecule has 0 bridgehead atoms. The number of nitrogens with zero attached hydrogens (tertiary/aromatic N) is 1. The fourth-order valence-electron chi connectivity index (χ4n) is 1.19. The van der Waals surface area contributed by atoms with Gasteiger partial charge in [0, 0.05) is 6.92 Å². The van der Waals surface area contributed by atoms with Crippen LogP contribution in [0.2, 0.25) is 0 Å². The first-order valence-electron chi connectivity index (χ1n) is 4.48. The van der Waals surface area contributed by atoms with E-state index in [9.17, 15) is 9.59 Å². The van der Waals surface area contributed by atoms with E-state index in [1.165, 1.54) is 32.2 Å². The van der Waals surface area contributed by atoms with Crippen molar-refractivity contribution in [3.63, 3.8) is 0 Å². The van der Waals surface area contributed by atoms with Gasteiger partial charge >= 0.3 is 5.97 Å². The topological polar surface area (TPSA) is 79.2 Å². The molecule has 0 aliphatic rings. The number of carbonyl (C=O) groups excluding carboxylic acids is 2. The fraction of sp³-hybridized carbons (Fsp3) is 0.182. The first kappa shape index (κ1) is 11.7. The van der Waals surface area contributed by atoms with Crippen molar-refractivity contribution in [2.45, 2.75) is 6.92 Å². The molecule has 0 saturated heterocycles. The molecule has 1 rings (SSSR count). The minimum absolute atomic E-state index is 0.219. The number of hydrogen-bond acceptors (Lipinski definition) is 4. The molecular weight excluding hydrogens is 208 g/mol. The van der Waals surface area contributed by atoms with Crippen LogP contribution < -0.4 is 5.32 Å². The third-order valence-corrected chi connectivity index (χ3v) is 1.86. The van der Waals surface area contributed by atoms with E-state index < -0.39 is 5.97 Å². The third-order valence-electron chi connectivity index (χ3n) is 1.86. The molecule has 82 valence electrons. The summed E-state index contributed by atoms with van der Waals surface area (Å²) in [6, 6.07) is 6.27. The number of nitrogens with one attached hydrogen (secondary N) is 1. The average molecular weight is 218 g/mol. The van der Waals surface area contributed by atoms with Crippen LogP contribution in [0.1, 0.15) is 22.8 Å². The summed E-state index contributed by atoms with van der Waals surface area (Å²) in [5.74, 6) is -0.881. The Morgan fingerprint density at radius 2 is 2.12 bits per heavy atom. The van der Waals surface area contributed by atoms with Crippen molar-refractivity contribution in [3.8, 4) is 6.07 Å². The summed E-state index contributed by atoms with van der Waals surface area (Å²) in [6.45, 7) is 1.32. The number of amides is 1. The van der Waals surface area contributed by atoms with Gasteiger partial charge < -0.3 is 10.1 Å². The zero-order valence-corrected chi connectivity index (χ0v) is 8.90. The van der Waals surface area contributed by atoms with Gasteiger partial charge in [-0.15, -0.1) is 0 Å². The minimum atomic E-state index is -0.562. The van der Waals surface area contributed by atoms with Crippen molar-refractivity contribution < 1.29 is 14.3 Å². The second-order valence-corrected chi connectivity index (χ2v) is 3.04. The lowest BCUT2D eigenvalue weighted by Crippen LogP contribution is -2.12. The lowest BCUT2D eigenvalue weighted by molar-refractivity contribution is -0.114. The maximum Gasteiger partial charge on any atom is 0.339 e. The number of ether oxygens (including phenoxy) is 1. The molecule has 0 unspecified atom stereocenters. The number of nitriles is 1. The highest BCUT2D eigenvalue weighted by molar-refractivity contribution is 6.00. The van der Waals surface area contributed by atoms with Gasteiger partial charge in [-0.2, -0.15) is 5.26 Å². The Morgan fingerprint density at radius 3 is 2.62 bits per heavy atom. The summed E-state index contributed by atoms with van der Waals surface area (Å²) in [5.41, 5.74) is 0.853. The first-order valence-corrected chi connectivity index (χ1v) is 4.48. The molecule has 0 atom stereocenters. The monoisotopic (exact) mass is 218 g/mol. The number of rotatable bonds is 2. The maximum atomic E-state index is 11.4. The molecule has 5 heteroatoms. The van der Waals surface area contributed by atoms with Crippen molar-refractivity contribution in [3.05, 3.63) is 29.3 Å². The van der Waals surface area contributed by atoms with Gasteiger partial charge in [-0.1, -0.05) is 0 Å². The quantitative estimate of drug-likeness (QED) is 0.759. The van der Waals surface area contributed by atoms with E-state index in [1.54, 1.807) is 0 Å². The Labute approximate surface area is 92.6 Å². The zero-order chi connectivity index (χ0) is 12.1. The van der Waals surface area contributed by atoms with E-state index in [0.717, 1.165) is 0 Å². The summed E-state index contributed by atoms with van der Waals surface area (Å²) in [6.07, 6.45) is 0. The van der Waals surface area contributed by atoms with Crippen LogP contribution in [0.5, 0.6) is 0 Å². The molecule has 1 N–H and O–H groups in total. The van der Waals surface area contributed by atoms with Crippen molar-refractivity contribution in [1.29, 1.82) is 5.26 Å². The molecule has 16 heavy (non-hydrogen) atoms. The SMILES string of the molecule is COC(=O)c1ccc(C#N)cc1NC(C)=O. The maximum absolute atomic E-state index is 11.4. The Bertz CT molecular complexity index is 475. The molecule has 1 amide bonds. The van der Waals surface area contributed by atoms with Crippen LogP contribution in [0.3, 0.4) is 0 Å². The predicted molar refractivity (Wildman–Crippen MR) is 56.8 cm³/mol. The number of benzene rings is 1. The molecule has 0 spiro atoms. The zero-order valence-electron chi connectivity index (χ0n) is 8.90. The summed E-state index contributed by atoms with van der Waals surface area (Å²) in [4.78, 5) is 22.3. The van der Waals surface area contributed by atoms with Gasteiger partial charge in [0.1, 0.15) is 0 Å². The highest BCUT2D eigenvalue weighted by Gasteiger charge is 2.13. The van der Waals surface area contributed by atoms with E-state index >= 15 is 0 Å². The van der Waals surface area contributed by atoms with Crippen molar-refractivity contribution in [2.24, 2.45) is 0 Å². The minimum Gasteiger partial charge on any atom is -0.465 e. The van der Waals surface area contributed by atoms with Crippen molar-refractivity contribution in [2.75, 3.05) is 12.4 Å². The molecule has 0 saturated carbocycles. The predicted octanol–water partition coefficient (Wildman–Crippen LogP) is 1.30. The van der Waals surface area contributed by atoms with Gasteiger partial charge in [-0.3, -0.25) is 4.79 Å². The van der Waals surface area contributed by atoms with E-state index in [-0.39, 0.29) is 17.2 Å². The lowest BCUT2D eigenvalue weighted by atomic mass is 10.1. The molecule has 0 aromatic heterocycles. The molecule has 1 aromatic rings. The molecule has 0 heterocycles. The van der Waals surface area contributed by atoms with E-state index in [2.05, 4.69) is 10.1 Å². The fourth-order valence-corrected chi connectivity index (χ4v) is 1.19. The highest BCUT2D eigenvalue weighted by atomic mass is 16.5. The molecule has 1 aromatic carbocycles. The number of methoxy groups -OCH3 is 1. The molecule has 0 aliphatic carbocycles. The second-order valence-electron chi connectivity index (χ2n) is 3.04. The molecule has 0 aliphatic heterocycles. The van der Waals surface area contributed by atoms with Crippen LogP contribution in [0.4, 0.5) is 5.69 Å². The Hall–Kier alpha value is -2.35. The lowest BCUT2D eigenvalue weighted by Gasteiger charge is -2.08. The summed E-state index contributed by atoms with van der Waals surface area (Å²) in [7, 11) is 1.25. The normalized spacial score (nSPS) is 9.06.